The normalized spacial score (nSPS) is 15.5. The second-order valence-corrected chi connectivity index (χ2v) is 8.55. The number of aryl methyl sites for hydroxylation is 2. The summed E-state index contributed by atoms with van der Waals surface area (Å²) < 4.78 is 37.4. The van der Waals surface area contributed by atoms with E-state index in [1.54, 1.807) is 12.1 Å². The highest BCUT2D eigenvalue weighted by atomic mass is 32.2. The molecule has 6 nitrogen and oxygen atoms in total. The molecule has 1 aliphatic rings. The van der Waals surface area contributed by atoms with Gasteiger partial charge in [-0.3, -0.25) is 0 Å². The van der Waals surface area contributed by atoms with Crippen molar-refractivity contribution in [1.82, 2.24) is 4.31 Å². The predicted octanol–water partition coefficient (Wildman–Crippen LogP) is 2.68. The second kappa shape index (κ2) is 8.21. The van der Waals surface area contributed by atoms with Gasteiger partial charge in [-0.1, -0.05) is 35.4 Å². The molecule has 144 valence electrons. The minimum atomic E-state index is -3.65. The lowest BCUT2D eigenvalue weighted by Gasteiger charge is -2.26. The Kier molecular flexibility index (Phi) is 5.94. The molecule has 0 spiro atoms. The summed E-state index contributed by atoms with van der Waals surface area (Å²) in [6.07, 6.45) is 0. The largest absolute Gasteiger partial charge is 0.457 e. The van der Waals surface area contributed by atoms with Crippen molar-refractivity contribution in [3.05, 3.63) is 64.7 Å². The smallest absolute Gasteiger partial charge is 0.338 e. The number of rotatable bonds is 5. The van der Waals surface area contributed by atoms with Crippen LogP contribution in [0.1, 0.15) is 27.0 Å². The lowest BCUT2D eigenvalue weighted by molar-refractivity contribution is 0.0472. The lowest BCUT2D eigenvalue weighted by Crippen LogP contribution is -2.40. The van der Waals surface area contributed by atoms with Gasteiger partial charge in [0, 0.05) is 13.1 Å². The van der Waals surface area contributed by atoms with Crippen LogP contribution in [0.4, 0.5) is 0 Å². The standard InChI is InChI=1S/C20H23NO5S/c1-15-10-16(2)12-17(11-15)14-26-20(22)18-4-3-5-19(13-18)27(23,24)21-6-8-25-9-7-21/h3-5,10-13H,6-9,14H2,1-2H3. The van der Waals surface area contributed by atoms with Gasteiger partial charge in [-0.25, -0.2) is 13.2 Å². The second-order valence-electron chi connectivity index (χ2n) is 6.62. The van der Waals surface area contributed by atoms with Crippen molar-refractivity contribution >= 4 is 16.0 Å². The third kappa shape index (κ3) is 4.74. The van der Waals surface area contributed by atoms with Gasteiger partial charge in [-0.05, 0) is 37.6 Å². The van der Waals surface area contributed by atoms with E-state index in [1.165, 1.54) is 16.4 Å². The van der Waals surface area contributed by atoms with Crippen LogP contribution in [0.25, 0.3) is 0 Å². The van der Waals surface area contributed by atoms with Crippen molar-refractivity contribution in [3.8, 4) is 0 Å². The van der Waals surface area contributed by atoms with Crippen molar-refractivity contribution < 1.29 is 22.7 Å². The fraction of sp³-hybridized carbons (Fsp3) is 0.350. The van der Waals surface area contributed by atoms with Crippen LogP contribution in [0.5, 0.6) is 0 Å². The first kappa shape index (κ1) is 19.5. The molecule has 1 heterocycles. The molecule has 0 atom stereocenters. The molecular weight excluding hydrogens is 366 g/mol. The Morgan fingerprint density at radius 1 is 1.07 bits per heavy atom. The van der Waals surface area contributed by atoms with Crippen LogP contribution in [0, 0.1) is 13.8 Å². The molecule has 2 aromatic rings. The number of carbonyl (C=O) groups excluding carboxylic acids is 1. The highest BCUT2D eigenvalue weighted by molar-refractivity contribution is 7.89. The summed E-state index contributed by atoms with van der Waals surface area (Å²) in [6, 6.07) is 11.9. The summed E-state index contributed by atoms with van der Waals surface area (Å²) in [4.78, 5) is 12.5. The Balaban J connectivity index is 1.73. The fourth-order valence-electron chi connectivity index (χ4n) is 3.10. The Labute approximate surface area is 159 Å². The minimum absolute atomic E-state index is 0.0882. The van der Waals surface area contributed by atoms with E-state index in [0.717, 1.165) is 16.7 Å². The first-order valence-corrected chi connectivity index (χ1v) is 10.2. The highest BCUT2D eigenvalue weighted by Gasteiger charge is 2.27. The van der Waals surface area contributed by atoms with E-state index in [0.29, 0.717) is 26.3 Å². The summed E-state index contributed by atoms with van der Waals surface area (Å²) >= 11 is 0. The molecule has 1 fully saturated rings. The number of morpholine rings is 1. The monoisotopic (exact) mass is 389 g/mol. The summed E-state index contributed by atoms with van der Waals surface area (Å²) in [5, 5.41) is 0. The number of nitrogens with zero attached hydrogens (tertiary/aromatic N) is 1. The summed E-state index contributed by atoms with van der Waals surface area (Å²) in [7, 11) is -3.65. The minimum Gasteiger partial charge on any atom is -0.457 e. The number of ether oxygens (including phenoxy) is 2. The summed E-state index contributed by atoms with van der Waals surface area (Å²) in [6.45, 7) is 5.47. The van der Waals surface area contributed by atoms with Crippen LogP contribution in [0.15, 0.2) is 47.4 Å². The Hall–Kier alpha value is -2.22. The molecule has 2 aromatic carbocycles. The zero-order valence-corrected chi connectivity index (χ0v) is 16.3. The molecule has 0 unspecified atom stereocenters. The van der Waals surface area contributed by atoms with Gasteiger partial charge in [0.2, 0.25) is 10.0 Å². The Morgan fingerprint density at radius 3 is 2.41 bits per heavy atom. The van der Waals surface area contributed by atoms with Gasteiger partial charge in [0.25, 0.3) is 0 Å². The van der Waals surface area contributed by atoms with E-state index >= 15 is 0 Å². The topological polar surface area (TPSA) is 72.9 Å². The first-order valence-electron chi connectivity index (χ1n) is 8.78. The Morgan fingerprint density at radius 2 is 1.74 bits per heavy atom. The molecule has 1 aliphatic heterocycles. The van der Waals surface area contributed by atoms with Gasteiger partial charge in [-0.2, -0.15) is 4.31 Å². The molecule has 0 amide bonds. The number of esters is 1. The summed E-state index contributed by atoms with van der Waals surface area (Å²) in [5.41, 5.74) is 3.31. The molecule has 0 bridgehead atoms. The van der Waals surface area contributed by atoms with E-state index in [4.69, 9.17) is 9.47 Å². The maximum atomic E-state index is 12.7. The van der Waals surface area contributed by atoms with Gasteiger partial charge in [0.05, 0.1) is 23.7 Å². The lowest BCUT2D eigenvalue weighted by atomic mass is 10.1. The maximum absolute atomic E-state index is 12.7. The molecule has 7 heteroatoms. The van der Waals surface area contributed by atoms with E-state index in [1.807, 2.05) is 32.0 Å². The number of hydrogen-bond acceptors (Lipinski definition) is 5. The van der Waals surface area contributed by atoms with E-state index in [-0.39, 0.29) is 17.1 Å². The van der Waals surface area contributed by atoms with Gasteiger partial charge in [0.15, 0.2) is 0 Å². The first-order chi connectivity index (χ1) is 12.9. The van der Waals surface area contributed by atoms with Crippen molar-refractivity contribution in [2.75, 3.05) is 26.3 Å². The quantitative estimate of drug-likeness (QED) is 0.735. The van der Waals surface area contributed by atoms with E-state index in [9.17, 15) is 13.2 Å². The average molecular weight is 389 g/mol. The van der Waals surface area contributed by atoms with Gasteiger partial charge < -0.3 is 9.47 Å². The molecule has 27 heavy (non-hydrogen) atoms. The van der Waals surface area contributed by atoms with Crippen LogP contribution in [0.3, 0.4) is 0 Å². The van der Waals surface area contributed by atoms with Crippen molar-refractivity contribution in [1.29, 1.82) is 0 Å². The zero-order valence-electron chi connectivity index (χ0n) is 15.5. The van der Waals surface area contributed by atoms with Crippen LogP contribution < -0.4 is 0 Å². The molecular formula is C20H23NO5S. The molecule has 0 saturated carbocycles. The van der Waals surface area contributed by atoms with E-state index < -0.39 is 16.0 Å². The zero-order chi connectivity index (χ0) is 19.4. The van der Waals surface area contributed by atoms with Crippen molar-refractivity contribution in [2.45, 2.75) is 25.3 Å². The van der Waals surface area contributed by atoms with Crippen LogP contribution in [0.2, 0.25) is 0 Å². The van der Waals surface area contributed by atoms with Crippen LogP contribution >= 0.6 is 0 Å². The van der Waals surface area contributed by atoms with E-state index in [2.05, 4.69) is 0 Å². The molecule has 0 radical (unpaired) electrons. The van der Waals surface area contributed by atoms with Gasteiger partial charge >= 0.3 is 5.97 Å². The number of carbonyl (C=O) groups is 1. The number of hydrogen-bond donors (Lipinski definition) is 0. The van der Waals surface area contributed by atoms with Gasteiger partial charge in [0.1, 0.15) is 6.61 Å². The molecule has 1 saturated heterocycles. The third-order valence-electron chi connectivity index (χ3n) is 4.33. The highest BCUT2D eigenvalue weighted by Crippen LogP contribution is 2.19. The predicted molar refractivity (Wildman–Crippen MR) is 101 cm³/mol. The number of benzene rings is 2. The molecule has 3 rings (SSSR count). The third-order valence-corrected chi connectivity index (χ3v) is 6.22. The fourth-order valence-corrected chi connectivity index (χ4v) is 4.56. The average Bonchev–Trinajstić information content (AvgIpc) is 2.66. The van der Waals surface area contributed by atoms with Crippen molar-refractivity contribution in [2.24, 2.45) is 0 Å². The van der Waals surface area contributed by atoms with Crippen LogP contribution in [-0.4, -0.2) is 45.0 Å². The van der Waals surface area contributed by atoms with Gasteiger partial charge in [-0.15, -0.1) is 0 Å². The van der Waals surface area contributed by atoms with Crippen LogP contribution in [-0.2, 0) is 26.1 Å². The Bertz CT molecular complexity index is 913. The summed E-state index contributed by atoms with van der Waals surface area (Å²) in [5.74, 6) is -0.548. The molecule has 0 aromatic heterocycles. The van der Waals surface area contributed by atoms with Crippen molar-refractivity contribution in [3.63, 3.8) is 0 Å². The SMILES string of the molecule is Cc1cc(C)cc(COC(=O)c2cccc(S(=O)(=O)N3CCOCC3)c2)c1. The number of sulfonamides is 1. The maximum Gasteiger partial charge on any atom is 0.338 e. The molecule has 0 aliphatic carbocycles. The molecule has 0 N–H and O–H groups in total.